The smallest absolute Gasteiger partial charge is 0.305 e. The Bertz CT molecular complexity index is 235. The molecule has 0 aliphatic carbocycles. The fourth-order valence-electron chi connectivity index (χ4n) is 0.537. The number of carbonyl (C=O) groups is 1. The summed E-state index contributed by atoms with van der Waals surface area (Å²) in [5.41, 5.74) is 0. The van der Waals surface area contributed by atoms with Crippen LogP contribution in [0.25, 0.3) is 0 Å². The summed E-state index contributed by atoms with van der Waals surface area (Å²) in [6.45, 7) is 1.53. The molecular weight excluding hydrogens is 223 g/mol. The number of rotatable bonds is 5. The minimum atomic E-state index is -4.01. The van der Waals surface area contributed by atoms with Gasteiger partial charge in [0.2, 0.25) is 0 Å². The number of esters is 1. The van der Waals surface area contributed by atoms with E-state index < -0.39 is 21.8 Å². The zero-order valence-corrected chi connectivity index (χ0v) is 11.8. The summed E-state index contributed by atoms with van der Waals surface area (Å²) >= 11 is 0. The van der Waals surface area contributed by atoms with Gasteiger partial charge in [-0.1, -0.05) is 6.92 Å². The third-order valence-electron chi connectivity index (χ3n) is 1.06. The second-order valence-corrected chi connectivity index (χ2v) is 3.83. The maximum atomic E-state index is 10.6. The molecular formula is C6H12KO5S. The summed E-state index contributed by atoms with van der Waals surface area (Å²) in [4.78, 5) is 10.6. The van der Waals surface area contributed by atoms with E-state index in [0.717, 1.165) is 0 Å². The number of carbonyl (C=O) groups excluding carboxylic acids is 1. The van der Waals surface area contributed by atoms with Crippen LogP contribution in [0, 0.1) is 0 Å². The van der Waals surface area contributed by atoms with Gasteiger partial charge in [0.05, 0.1) is 0 Å². The molecule has 0 fully saturated rings. The summed E-state index contributed by atoms with van der Waals surface area (Å²) in [7, 11) is -4.01. The first-order valence-electron chi connectivity index (χ1n) is 3.56. The first kappa shape index (κ1) is 16.4. The van der Waals surface area contributed by atoms with E-state index in [1.807, 2.05) is 6.92 Å². The van der Waals surface area contributed by atoms with Gasteiger partial charge < -0.3 is 4.74 Å². The number of hydrogen-bond acceptors (Lipinski definition) is 4. The van der Waals surface area contributed by atoms with Crippen molar-refractivity contribution in [1.29, 1.82) is 0 Å². The molecule has 5 nitrogen and oxygen atoms in total. The van der Waals surface area contributed by atoms with Crippen LogP contribution in [0.2, 0.25) is 0 Å². The van der Waals surface area contributed by atoms with E-state index in [0.29, 0.717) is 6.42 Å². The molecule has 0 atom stereocenters. The van der Waals surface area contributed by atoms with Crippen LogP contribution in [0.5, 0.6) is 0 Å². The maximum absolute atomic E-state index is 10.6. The van der Waals surface area contributed by atoms with Gasteiger partial charge in [0.1, 0.15) is 12.4 Å². The van der Waals surface area contributed by atoms with Crippen LogP contribution in [-0.4, -0.2) is 82.7 Å². The van der Waals surface area contributed by atoms with Gasteiger partial charge in [-0.2, -0.15) is 8.42 Å². The van der Waals surface area contributed by atoms with Crippen molar-refractivity contribution in [3.8, 4) is 0 Å². The average molecular weight is 235 g/mol. The third kappa shape index (κ3) is 13.0. The van der Waals surface area contributed by atoms with E-state index in [4.69, 9.17) is 4.55 Å². The fraction of sp³-hybridized carbons (Fsp3) is 0.833. The molecule has 7 heteroatoms. The molecule has 0 amide bonds. The van der Waals surface area contributed by atoms with Gasteiger partial charge in [-0.3, -0.25) is 9.35 Å². The number of hydrogen-bond donors (Lipinski definition) is 1. The SMILES string of the molecule is CCCC(=O)OCCS(=O)(=O)O.[K]. The molecule has 1 radical (unpaired) electrons. The van der Waals surface area contributed by atoms with Crippen molar-refractivity contribution < 1.29 is 22.5 Å². The summed E-state index contributed by atoms with van der Waals surface area (Å²) < 4.78 is 33.0. The summed E-state index contributed by atoms with van der Waals surface area (Å²) in [5, 5.41) is 0. The number of ether oxygens (including phenoxy) is 1. The normalized spacial score (nSPS) is 10.3. The zero-order chi connectivity index (χ0) is 9.61. The maximum Gasteiger partial charge on any atom is 0.305 e. The van der Waals surface area contributed by atoms with Crippen molar-refractivity contribution in [3.05, 3.63) is 0 Å². The Balaban J connectivity index is 0. The molecule has 0 unspecified atom stereocenters. The van der Waals surface area contributed by atoms with Crippen molar-refractivity contribution in [1.82, 2.24) is 0 Å². The monoisotopic (exact) mass is 235 g/mol. The van der Waals surface area contributed by atoms with Crippen LogP contribution in [0.15, 0.2) is 0 Å². The van der Waals surface area contributed by atoms with Crippen LogP contribution in [0.3, 0.4) is 0 Å². The first-order chi connectivity index (χ1) is 5.45. The molecule has 0 aliphatic heterocycles. The second kappa shape index (κ2) is 8.34. The molecule has 0 aromatic carbocycles. The first-order valence-corrected chi connectivity index (χ1v) is 5.17. The van der Waals surface area contributed by atoms with E-state index in [1.165, 1.54) is 0 Å². The Hall–Kier alpha value is 1.02. The predicted octanol–water partition coefficient (Wildman–Crippen LogP) is -0.163. The molecule has 0 aromatic rings. The molecule has 0 heterocycles. The van der Waals surface area contributed by atoms with Gasteiger partial charge in [0.15, 0.2) is 0 Å². The molecule has 0 rings (SSSR count). The van der Waals surface area contributed by atoms with Crippen LogP contribution >= 0.6 is 0 Å². The van der Waals surface area contributed by atoms with Gasteiger partial charge in [0.25, 0.3) is 10.1 Å². The van der Waals surface area contributed by atoms with Gasteiger partial charge >= 0.3 is 5.97 Å². The zero-order valence-electron chi connectivity index (χ0n) is 7.82. The van der Waals surface area contributed by atoms with Gasteiger partial charge in [-0.25, -0.2) is 0 Å². The van der Waals surface area contributed by atoms with E-state index >= 15 is 0 Å². The molecule has 73 valence electrons. The summed E-state index contributed by atoms with van der Waals surface area (Å²) in [6.07, 6.45) is 0.927. The Morgan fingerprint density at radius 1 is 1.46 bits per heavy atom. The molecule has 0 spiro atoms. The molecule has 0 saturated carbocycles. The fourth-order valence-corrected chi connectivity index (χ4v) is 0.831. The van der Waals surface area contributed by atoms with Crippen LogP contribution in [0.4, 0.5) is 0 Å². The Morgan fingerprint density at radius 2 is 2.00 bits per heavy atom. The predicted molar refractivity (Wildman–Crippen MR) is 48.0 cm³/mol. The summed E-state index contributed by atoms with van der Waals surface area (Å²) in [6, 6.07) is 0. The average Bonchev–Trinajstić information content (AvgIpc) is 1.84. The van der Waals surface area contributed by atoms with Crippen molar-refractivity contribution in [3.63, 3.8) is 0 Å². The van der Waals surface area contributed by atoms with Crippen LogP contribution in [-0.2, 0) is 19.6 Å². The third-order valence-corrected chi connectivity index (χ3v) is 1.74. The van der Waals surface area contributed by atoms with E-state index in [2.05, 4.69) is 4.74 Å². The quantitative estimate of drug-likeness (QED) is 0.407. The van der Waals surface area contributed by atoms with Crippen LogP contribution < -0.4 is 0 Å². The molecule has 13 heavy (non-hydrogen) atoms. The minimum absolute atomic E-state index is 0. The van der Waals surface area contributed by atoms with E-state index in [1.54, 1.807) is 0 Å². The van der Waals surface area contributed by atoms with Crippen LogP contribution in [0.1, 0.15) is 19.8 Å². The topological polar surface area (TPSA) is 80.7 Å². The van der Waals surface area contributed by atoms with Crippen molar-refractivity contribution in [2.24, 2.45) is 0 Å². The van der Waals surface area contributed by atoms with Gasteiger partial charge in [-0.05, 0) is 6.42 Å². The Kier molecular flexibility index (Phi) is 10.5. The molecule has 0 bridgehead atoms. The minimum Gasteiger partial charge on any atom is -0.464 e. The molecule has 0 aliphatic rings. The Labute approximate surface area is 120 Å². The largest absolute Gasteiger partial charge is 0.464 e. The van der Waals surface area contributed by atoms with Gasteiger partial charge in [0, 0.05) is 57.8 Å². The van der Waals surface area contributed by atoms with E-state index in [-0.39, 0.29) is 64.4 Å². The summed E-state index contributed by atoms with van der Waals surface area (Å²) in [5.74, 6) is -0.983. The molecule has 1 N–H and O–H groups in total. The van der Waals surface area contributed by atoms with Crippen molar-refractivity contribution >= 4 is 67.5 Å². The standard InChI is InChI=1S/C6H12O5S.K/c1-2-3-6(7)11-4-5-12(8,9)10;/h2-5H2,1H3,(H,8,9,10);. The molecule has 0 aromatic heterocycles. The van der Waals surface area contributed by atoms with E-state index in [9.17, 15) is 13.2 Å². The van der Waals surface area contributed by atoms with Crippen molar-refractivity contribution in [2.45, 2.75) is 19.8 Å². The molecule has 0 saturated heterocycles. The second-order valence-electron chi connectivity index (χ2n) is 2.26. The Morgan fingerprint density at radius 3 is 2.38 bits per heavy atom. The van der Waals surface area contributed by atoms with Gasteiger partial charge in [-0.15, -0.1) is 0 Å². The van der Waals surface area contributed by atoms with Crippen molar-refractivity contribution in [2.75, 3.05) is 12.4 Å².